The van der Waals surface area contributed by atoms with E-state index in [2.05, 4.69) is 16.0 Å². The van der Waals surface area contributed by atoms with Crippen LogP contribution in [0, 0.1) is 0 Å². The first-order valence-electron chi connectivity index (χ1n) is 18.1. The zero-order valence-electron chi connectivity index (χ0n) is 30.0. The number of halogens is 1. The number of carbonyl (C=O) groups excluding carboxylic acids is 5. The summed E-state index contributed by atoms with van der Waals surface area (Å²) >= 11 is 6.25. The van der Waals surface area contributed by atoms with Gasteiger partial charge in [-0.25, -0.2) is 0 Å². The summed E-state index contributed by atoms with van der Waals surface area (Å²) in [4.78, 5) is 63.7. The van der Waals surface area contributed by atoms with Gasteiger partial charge in [-0.15, -0.1) is 11.6 Å². The van der Waals surface area contributed by atoms with Crippen LogP contribution in [0.25, 0.3) is 11.1 Å². The van der Waals surface area contributed by atoms with E-state index in [0.717, 1.165) is 32.7 Å². The Morgan fingerprint density at radius 1 is 0.800 bits per heavy atom. The van der Waals surface area contributed by atoms with Crippen LogP contribution in [0.3, 0.4) is 0 Å². The molecule has 1 fully saturated rings. The van der Waals surface area contributed by atoms with E-state index in [1.165, 1.54) is 0 Å². The average molecular weight is 765 g/mol. The smallest absolute Gasteiger partial charge is 0.264 e. The van der Waals surface area contributed by atoms with Crippen molar-refractivity contribution < 1.29 is 38.9 Å². The Kier molecular flexibility index (Phi) is 12.5. The summed E-state index contributed by atoms with van der Waals surface area (Å²) in [5, 5.41) is 28.0. The van der Waals surface area contributed by atoms with Crippen molar-refractivity contribution in [2.45, 2.75) is 44.6 Å². The second-order valence-corrected chi connectivity index (χ2v) is 13.5. The maximum Gasteiger partial charge on any atom is 0.264 e. The lowest BCUT2D eigenvalue weighted by Gasteiger charge is -2.27. The molecule has 0 aromatic heterocycles. The van der Waals surface area contributed by atoms with Gasteiger partial charge < -0.3 is 25.6 Å². The van der Waals surface area contributed by atoms with Crippen molar-refractivity contribution in [2.24, 2.45) is 0 Å². The number of nitrogens with zero attached hydrogens (tertiary/aromatic N) is 1. The van der Waals surface area contributed by atoms with Crippen LogP contribution in [0.5, 0.6) is 17.2 Å². The summed E-state index contributed by atoms with van der Waals surface area (Å²) in [6.45, 7) is 1.03. The van der Waals surface area contributed by atoms with Crippen molar-refractivity contribution in [3.63, 3.8) is 0 Å². The van der Waals surface area contributed by atoms with Gasteiger partial charge in [-0.2, -0.15) is 0 Å². The number of phenols is 2. The maximum atomic E-state index is 13.3. The number of carbonyl (C=O) groups is 5. The first-order valence-corrected chi connectivity index (χ1v) is 18.6. The van der Waals surface area contributed by atoms with Crippen molar-refractivity contribution in [1.82, 2.24) is 15.5 Å². The third-order valence-corrected chi connectivity index (χ3v) is 9.66. The van der Waals surface area contributed by atoms with E-state index in [9.17, 15) is 34.2 Å². The van der Waals surface area contributed by atoms with Crippen LogP contribution in [-0.4, -0.2) is 76.3 Å². The summed E-state index contributed by atoms with van der Waals surface area (Å²) in [5.74, 6) is -1.01. The molecule has 0 radical (unpaired) electrons. The molecular weight excluding hydrogens is 724 g/mol. The first-order chi connectivity index (χ1) is 26.6. The molecule has 4 aromatic carbocycles. The standard InChI is InChI=1S/C42H41ClN4O8/c43-22-21-32(26-7-13-29(48)14-8-26)38(27-9-15-30(49)16-10-27)28-11-17-31(18-12-28)55-25-24-45-36(50)6-1-2-23-44-34-5-3-4-33-39(34)42(54)47(41(33)53)35-19-20-37(51)46-40(35)52/h3-5,7-18,35,44,48-49H,1-2,6,19-25H2,(H,45,50)(H,46,51,52). The number of hydrogen-bond donors (Lipinski definition) is 5. The maximum absolute atomic E-state index is 13.3. The molecule has 1 unspecified atom stereocenters. The quantitative estimate of drug-likeness (QED) is 0.0405. The van der Waals surface area contributed by atoms with Crippen molar-refractivity contribution in [1.29, 1.82) is 0 Å². The number of amides is 5. The Morgan fingerprint density at radius 3 is 2.11 bits per heavy atom. The Morgan fingerprint density at radius 2 is 1.45 bits per heavy atom. The van der Waals surface area contributed by atoms with Crippen LogP contribution >= 0.6 is 11.6 Å². The number of unbranched alkanes of at least 4 members (excludes halogenated alkanes) is 1. The number of rotatable bonds is 16. The Bertz CT molecular complexity index is 2100. The van der Waals surface area contributed by atoms with Gasteiger partial charge >= 0.3 is 0 Å². The Hall–Kier alpha value is -6.14. The number of phenolic OH excluding ortho intramolecular Hbond substituents is 2. The second-order valence-electron chi connectivity index (χ2n) is 13.2. The molecule has 0 aliphatic carbocycles. The van der Waals surface area contributed by atoms with Crippen LogP contribution in [0.4, 0.5) is 5.69 Å². The highest BCUT2D eigenvalue weighted by Crippen LogP contribution is 2.37. The number of aromatic hydroxyl groups is 2. The molecule has 2 aliphatic heterocycles. The molecule has 5 N–H and O–H groups in total. The van der Waals surface area contributed by atoms with Crippen LogP contribution in [0.1, 0.15) is 75.9 Å². The molecular formula is C42H41ClN4O8. The minimum absolute atomic E-state index is 0.0488. The van der Waals surface area contributed by atoms with Gasteiger partial charge in [0.1, 0.15) is 29.9 Å². The van der Waals surface area contributed by atoms with Crippen LogP contribution < -0.4 is 20.7 Å². The van der Waals surface area contributed by atoms with Crippen molar-refractivity contribution in [3.8, 4) is 17.2 Å². The van der Waals surface area contributed by atoms with Crippen LogP contribution in [0.2, 0.25) is 0 Å². The van der Waals surface area contributed by atoms with Gasteiger partial charge in [0.2, 0.25) is 17.7 Å². The lowest BCUT2D eigenvalue weighted by Crippen LogP contribution is -2.54. The molecule has 1 atom stereocenters. The highest BCUT2D eigenvalue weighted by Gasteiger charge is 2.45. The number of piperidine rings is 1. The van der Waals surface area contributed by atoms with Gasteiger partial charge in [0, 0.05) is 31.0 Å². The largest absolute Gasteiger partial charge is 0.508 e. The van der Waals surface area contributed by atoms with E-state index in [0.29, 0.717) is 56.1 Å². The monoisotopic (exact) mass is 764 g/mol. The van der Waals surface area contributed by atoms with E-state index >= 15 is 0 Å². The molecule has 13 heteroatoms. The molecule has 284 valence electrons. The zero-order chi connectivity index (χ0) is 38.9. The average Bonchev–Trinajstić information content (AvgIpc) is 3.43. The minimum Gasteiger partial charge on any atom is -0.508 e. The van der Waals surface area contributed by atoms with E-state index in [4.69, 9.17) is 16.3 Å². The highest BCUT2D eigenvalue weighted by molar-refractivity contribution is 6.25. The van der Waals surface area contributed by atoms with E-state index < -0.39 is 29.7 Å². The Labute approximate surface area is 323 Å². The van der Waals surface area contributed by atoms with Crippen molar-refractivity contribution >= 4 is 58.0 Å². The molecule has 0 spiro atoms. The predicted octanol–water partition coefficient (Wildman–Crippen LogP) is 5.86. The van der Waals surface area contributed by atoms with E-state index in [1.54, 1.807) is 42.5 Å². The van der Waals surface area contributed by atoms with Gasteiger partial charge in [-0.1, -0.05) is 42.5 Å². The lowest BCUT2D eigenvalue weighted by atomic mass is 9.88. The second kappa shape index (κ2) is 17.8. The topological polar surface area (TPSA) is 174 Å². The molecule has 4 aromatic rings. The number of nitrogens with one attached hydrogen (secondary N) is 3. The zero-order valence-corrected chi connectivity index (χ0v) is 30.7. The SMILES string of the molecule is O=C(CCCCNc1cccc2c1C(=O)N(C1CCC(=O)NC1=O)C2=O)NCCOc1ccc(C(=C(CCCl)c2ccc(O)cc2)c2ccc(O)cc2)cc1. The van der Waals surface area contributed by atoms with Gasteiger partial charge in [0.15, 0.2) is 0 Å². The third-order valence-electron chi connectivity index (χ3n) is 9.47. The number of ether oxygens (including phenoxy) is 1. The van der Waals surface area contributed by atoms with Crippen molar-refractivity contribution in [2.75, 3.05) is 30.9 Å². The normalized spacial score (nSPS) is 15.7. The van der Waals surface area contributed by atoms with Gasteiger partial charge in [-0.05, 0) is 102 Å². The number of allylic oxidation sites excluding steroid dienone is 1. The fourth-order valence-corrected chi connectivity index (χ4v) is 6.96. The summed E-state index contributed by atoms with van der Waals surface area (Å²) in [5.41, 5.74) is 5.53. The number of alkyl halides is 1. The summed E-state index contributed by atoms with van der Waals surface area (Å²) in [7, 11) is 0. The molecule has 5 amide bonds. The molecule has 1 saturated heterocycles. The summed E-state index contributed by atoms with van der Waals surface area (Å²) in [6.07, 6.45) is 2.20. The fourth-order valence-electron chi connectivity index (χ4n) is 6.78. The predicted molar refractivity (Wildman–Crippen MR) is 208 cm³/mol. The molecule has 2 heterocycles. The lowest BCUT2D eigenvalue weighted by molar-refractivity contribution is -0.136. The Balaban J connectivity index is 0.967. The van der Waals surface area contributed by atoms with Crippen LogP contribution in [-0.2, 0) is 14.4 Å². The molecule has 55 heavy (non-hydrogen) atoms. The molecule has 0 saturated carbocycles. The number of fused-ring (bicyclic) bond motifs is 1. The molecule has 6 rings (SSSR count). The van der Waals surface area contributed by atoms with Crippen LogP contribution in [0.15, 0.2) is 91.0 Å². The number of hydrogen-bond acceptors (Lipinski definition) is 9. The third kappa shape index (κ3) is 9.15. The number of imide groups is 2. The van der Waals surface area contributed by atoms with Gasteiger partial charge in [0.05, 0.1) is 17.7 Å². The minimum atomic E-state index is -1.03. The van der Waals surface area contributed by atoms with E-state index in [1.807, 2.05) is 48.5 Å². The van der Waals surface area contributed by atoms with Gasteiger partial charge in [-0.3, -0.25) is 34.2 Å². The molecule has 2 aliphatic rings. The van der Waals surface area contributed by atoms with Crippen molar-refractivity contribution in [3.05, 3.63) is 119 Å². The summed E-state index contributed by atoms with van der Waals surface area (Å²) in [6, 6.07) is 25.4. The number of benzene rings is 4. The highest BCUT2D eigenvalue weighted by atomic mass is 35.5. The first kappa shape index (κ1) is 38.6. The van der Waals surface area contributed by atoms with Gasteiger partial charge in [0.25, 0.3) is 11.8 Å². The number of anilines is 1. The molecule has 12 nitrogen and oxygen atoms in total. The van der Waals surface area contributed by atoms with E-state index in [-0.39, 0.29) is 48.0 Å². The summed E-state index contributed by atoms with van der Waals surface area (Å²) < 4.78 is 5.91. The molecule has 0 bridgehead atoms. The fraction of sp³-hybridized carbons (Fsp3) is 0.262.